The van der Waals surface area contributed by atoms with Gasteiger partial charge in [-0.15, -0.1) is 11.3 Å². The van der Waals surface area contributed by atoms with Gasteiger partial charge in [0.25, 0.3) is 5.91 Å². The predicted molar refractivity (Wildman–Crippen MR) is 79.6 cm³/mol. The number of hydrogen-bond acceptors (Lipinski definition) is 3. The molecule has 3 rings (SSSR count). The van der Waals surface area contributed by atoms with Crippen LogP contribution in [0.25, 0.3) is 10.1 Å². The van der Waals surface area contributed by atoms with Crippen LogP contribution < -0.4 is 5.73 Å². The Bertz CT molecular complexity index is 705. The summed E-state index contributed by atoms with van der Waals surface area (Å²) in [6.45, 7) is 1.03. The van der Waals surface area contributed by atoms with E-state index in [0.717, 1.165) is 4.70 Å². The number of carbonyl (C=O) groups excluding carboxylic acids is 2. The highest BCUT2D eigenvalue weighted by Crippen LogP contribution is 2.29. The maximum atomic E-state index is 13.7. The van der Waals surface area contributed by atoms with E-state index in [0.29, 0.717) is 36.2 Å². The van der Waals surface area contributed by atoms with E-state index in [1.54, 1.807) is 23.1 Å². The van der Waals surface area contributed by atoms with Crippen LogP contribution in [0.4, 0.5) is 4.39 Å². The fourth-order valence-electron chi connectivity index (χ4n) is 2.65. The summed E-state index contributed by atoms with van der Waals surface area (Å²) in [6.07, 6.45) is 1.20. The molecule has 0 aliphatic carbocycles. The summed E-state index contributed by atoms with van der Waals surface area (Å²) in [7, 11) is 0. The molecule has 2 heterocycles. The maximum Gasteiger partial charge on any atom is 0.263 e. The van der Waals surface area contributed by atoms with E-state index in [2.05, 4.69) is 0 Å². The average molecular weight is 306 g/mol. The molecule has 2 amide bonds. The van der Waals surface area contributed by atoms with Crippen molar-refractivity contribution in [2.24, 2.45) is 11.7 Å². The smallest absolute Gasteiger partial charge is 0.263 e. The van der Waals surface area contributed by atoms with Crippen molar-refractivity contribution >= 4 is 33.2 Å². The Morgan fingerprint density at radius 1 is 1.29 bits per heavy atom. The predicted octanol–water partition coefficient (Wildman–Crippen LogP) is 2.38. The Morgan fingerprint density at radius 2 is 2.00 bits per heavy atom. The van der Waals surface area contributed by atoms with E-state index in [1.807, 2.05) is 0 Å². The van der Waals surface area contributed by atoms with E-state index in [9.17, 15) is 14.0 Å². The number of benzene rings is 1. The fraction of sp³-hybridized carbons (Fsp3) is 0.333. The highest BCUT2D eigenvalue weighted by molar-refractivity contribution is 7.20. The summed E-state index contributed by atoms with van der Waals surface area (Å²) in [5.41, 5.74) is 5.29. The molecule has 0 bridgehead atoms. The maximum absolute atomic E-state index is 13.7. The Hall–Kier alpha value is -1.95. The van der Waals surface area contributed by atoms with E-state index in [1.165, 1.54) is 17.4 Å². The van der Waals surface area contributed by atoms with Crippen molar-refractivity contribution in [1.29, 1.82) is 0 Å². The fourth-order valence-corrected chi connectivity index (χ4v) is 3.70. The van der Waals surface area contributed by atoms with E-state index in [-0.39, 0.29) is 23.5 Å². The topological polar surface area (TPSA) is 63.4 Å². The molecular weight excluding hydrogens is 291 g/mol. The summed E-state index contributed by atoms with van der Waals surface area (Å²) in [5.74, 6) is -0.853. The van der Waals surface area contributed by atoms with Crippen LogP contribution in [-0.2, 0) is 4.79 Å². The Kier molecular flexibility index (Phi) is 3.63. The summed E-state index contributed by atoms with van der Waals surface area (Å²) < 4.78 is 14.4. The summed E-state index contributed by atoms with van der Waals surface area (Å²) >= 11 is 1.30. The van der Waals surface area contributed by atoms with Crippen molar-refractivity contribution in [2.75, 3.05) is 13.1 Å². The Labute approximate surface area is 125 Å². The van der Waals surface area contributed by atoms with Crippen molar-refractivity contribution in [1.82, 2.24) is 4.90 Å². The molecule has 0 radical (unpaired) electrons. The number of likely N-dealkylation sites (tertiary alicyclic amines) is 1. The third-order valence-corrected chi connectivity index (χ3v) is 4.99. The van der Waals surface area contributed by atoms with Gasteiger partial charge in [-0.2, -0.15) is 0 Å². The number of carbonyl (C=O) groups is 2. The molecule has 21 heavy (non-hydrogen) atoms. The van der Waals surface area contributed by atoms with Gasteiger partial charge in [-0.05, 0) is 31.0 Å². The molecule has 1 aliphatic heterocycles. The lowest BCUT2D eigenvalue weighted by molar-refractivity contribution is -0.123. The number of primary amides is 1. The van der Waals surface area contributed by atoms with Gasteiger partial charge in [0.2, 0.25) is 5.91 Å². The van der Waals surface area contributed by atoms with Crippen molar-refractivity contribution < 1.29 is 14.0 Å². The standard InChI is InChI=1S/C15H15FN2O2S/c16-11-2-1-3-12-10(11)8-13(21-12)15(20)18-6-4-9(5-7-18)14(17)19/h1-3,8-9H,4-7H2,(H2,17,19). The first-order valence-electron chi connectivity index (χ1n) is 6.83. The molecule has 2 aromatic rings. The molecule has 1 aromatic heterocycles. The molecule has 4 nitrogen and oxygen atoms in total. The second kappa shape index (κ2) is 5.44. The zero-order chi connectivity index (χ0) is 15.0. The summed E-state index contributed by atoms with van der Waals surface area (Å²) in [4.78, 5) is 25.8. The molecule has 1 saturated heterocycles. The lowest BCUT2D eigenvalue weighted by Crippen LogP contribution is -2.41. The van der Waals surface area contributed by atoms with Gasteiger partial charge in [-0.3, -0.25) is 9.59 Å². The second-order valence-electron chi connectivity index (χ2n) is 5.23. The SMILES string of the molecule is NC(=O)C1CCN(C(=O)c2cc3c(F)cccc3s2)CC1. The highest BCUT2D eigenvalue weighted by Gasteiger charge is 2.27. The monoisotopic (exact) mass is 306 g/mol. The van der Waals surface area contributed by atoms with Crippen LogP contribution >= 0.6 is 11.3 Å². The molecule has 0 saturated carbocycles. The molecule has 0 unspecified atom stereocenters. The second-order valence-corrected chi connectivity index (χ2v) is 6.31. The number of nitrogens with zero attached hydrogens (tertiary/aromatic N) is 1. The van der Waals surface area contributed by atoms with Crippen molar-refractivity contribution in [3.05, 3.63) is 35.0 Å². The number of nitrogens with two attached hydrogens (primary N) is 1. The largest absolute Gasteiger partial charge is 0.369 e. The zero-order valence-corrected chi connectivity index (χ0v) is 12.2. The first-order chi connectivity index (χ1) is 10.1. The van der Waals surface area contributed by atoms with Gasteiger partial charge in [0.05, 0.1) is 4.88 Å². The lowest BCUT2D eigenvalue weighted by atomic mass is 9.96. The minimum atomic E-state index is -0.310. The zero-order valence-electron chi connectivity index (χ0n) is 11.3. The number of fused-ring (bicyclic) bond motifs is 1. The van der Waals surface area contributed by atoms with Crippen molar-refractivity contribution in [2.45, 2.75) is 12.8 Å². The first kappa shape index (κ1) is 14.0. The third-order valence-electron chi connectivity index (χ3n) is 3.90. The van der Waals surface area contributed by atoms with E-state index < -0.39 is 0 Å². The number of piperidine rings is 1. The van der Waals surface area contributed by atoms with Crippen LogP contribution in [0.3, 0.4) is 0 Å². The van der Waals surface area contributed by atoms with Gasteiger partial charge in [0.1, 0.15) is 5.82 Å². The number of thiophene rings is 1. The van der Waals surface area contributed by atoms with E-state index in [4.69, 9.17) is 5.73 Å². The van der Waals surface area contributed by atoms with Gasteiger partial charge in [-0.25, -0.2) is 4.39 Å². The third kappa shape index (κ3) is 2.63. The minimum absolute atomic E-state index is 0.0986. The molecule has 1 fully saturated rings. The van der Waals surface area contributed by atoms with Crippen molar-refractivity contribution in [3.8, 4) is 0 Å². The normalized spacial score (nSPS) is 16.3. The molecule has 0 spiro atoms. The van der Waals surface area contributed by atoms with Gasteiger partial charge >= 0.3 is 0 Å². The Morgan fingerprint density at radius 3 is 2.62 bits per heavy atom. The molecule has 1 aliphatic rings. The molecule has 0 atom stereocenters. The molecule has 6 heteroatoms. The lowest BCUT2D eigenvalue weighted by Gasteiger charge is -2.30. The van der Waals surface area contributed by atoms with Gasteiger partial charge in [-0.1, -0.05) is 6.07 Å². The van der Waals surface area contributed by atoms with Gasteiger partial charge < -0.3 is 10.6 Å². The Balaban J connectivity index is 1.78. The van der Waals surface area contributed by atoms with E-state index >= 15 is 0 Å². The quantitative estimate of drug-likeness (QED) is 0.926. The number of amides is 2. The number of halogens is 1. The van der Waals surface area contributed by atoms with Crippen LogP contribution in [0.5, 0.6) is 0 Å². The minimum Gasteiger partial charge on any atom is -0.369 e. The van der Waals surface area contributed by atoms with Crippen LogP contribution in [0, 0.1) is 11.7 Å². The number of rotatable bonds is 2. The molecule has 1 aromatic carbocycles. The van der Waals surface area contributed by atoms with Crippen LogP contribution in [0.15, 0.2) is 24.3 Å². The molecule has 2 N–H and O–H groups in total. The molecule has 110 valence electrons. The summed E-state index contributed by atoms with van der Waals surface area (Å²) in [5, 5.41) is 0.484. The van der Waals surface area contributed by atoms with Crippen LogP contribution in [0.2, 0.25) is 0 Å². The molecular formula is C15H15FN2O2S. The van der Waals surface area contributed by atoms with Crippen LogP contribution in [-0.4, -0.2) is 29.8 Å². The van der Waals surface area contributed by atoms with Gasteiger partial charge in [0.15, 0.2) is 0 Å². The van der Waals surface area contributed by atoms with Gasteiger partial charge in [0, 0.05) is 29.1 Å². The first-order valence-corrected chi connectivity index (χ1v) is 7.64. The highest BCUT2D eigenvalue weighted by atomic mass is 32.1. The summed E-state index contributed by atoms with van der Waals surface area (Å²) in [6, 6.07) is 6.44. The van der Waals surface area contributed by atoms with Crippen LogP contribution in [0.1, 0.15) is 22.5 Å². The number of hydrogen-bond donors (Lipinski definition) is 1. The van der Waals surface area contributed by atoms with Crippen molar-refractivity contribution in [3.63, 3.8) is 0 Å². The average Bonchev–Trinajstić information content (AvgIpc) is 2.92.